The summed E-state index contributed by atoms with van der Waals surface area (Å²) in [5, 5.41) is 10.5. The maximum atomic E-state index is 13.2. The molecule has 0 atom stereocenters. The molecule has 194 valence electrons. The molecule has 4 aromatic rings. The summed E-state index contributed by atoms with van der Waals surface area (Å²) in [6.07, 6.45) is 5.98. The van der Waals surface area contributed by atoms with Crippen molar-refractivity contribution in [3.8, 4) is 17.0 Å². The molecule has 14 heteroatoms. The van der Waals surface area contributed by atoms with Gasteiger partial charge in [0.25, 0.3) is 5.91 Å². The van der Waals surface area contributed by atoms with E-state index >= 15 is 0 Å². The minimum absolute atomic E-state index is 0.00179. The van der Waals surface area contributed by atoms with E-state index in [-0.39, 0.29) is 33.2 Å². The molecule has 5 rings (SSSR count). The van der Waals surface area contributed by atoms with Crippen molar-refractivity contribution in [2.75, 3.05) is 25.0 Å². The van der Waals surface area contributed by atoms with Crippen LogP contribution in [0, 0.1) is 0 Å². The van der Waals surface area contributed by atoms with Crippen molar-refractivity contribution in [3.05, 3.63) is 54.6 Å². The number of sulfone groups is 1. The molecule has 1 aliphatic heterocycles. The highest BCUT2D eigenvalue weighted by Gasteiger charge is 2.38. The van der Waals surface area contributed by atoms with Crippen molar-refractivity contribution < 1.29 is 26.7 Å². The van der Waals surface area contributed by atoms with Gasteiger partial charge in [-0.15, -0.1) is 0 Å². The van der Waals surface area contributed by atoms with Crippen LogP contribution in [0.5, 0.6) is 5.75 Å². The summed E-state index contributed by atoms with van der Waals surface area (Å²) in [4.78, 5) is 19.2. The van der Waals surface area contributed by atoms with E-state index in [1.807, 2.05) is 11.8 Å². The lowest BCUT2D eigenvalue weighted by molar-refractivity contribution is -0.0494. The quantitative estimate of drug-likeness (QED) is 0.368. The van der Waals surface area contributed by atoms with Crippen molar-refractivity contribution >= 4 is 27.1 Å². The molecule has 3 aromatic heterocycles. The van der Waals surface area contributed by atoms with Gasteiger partial charge in [0, 0.05) is 44.3 Å². The lowest BCUT2D eigenvalue weighted by atomic mass is 10.1. The number of halogens is 2. The highest BCUT2D eigenvalue weighted by atomic mass is 32.2. The molecule has 0 radical (unpaired) electrons. The van der Waals surface area contributed by atoms with E-state index in [1.54, 1.807) is 19.3 Å². The highest BCUT2D eigenvalue weighted by Crippen LogP contribution is 2.38. The van der Waals surface area contributed by atoms with Gasteiger partial charge in [-0.05, 0) is 30.8 Å². The first-order valence-electron chi connectivity index (χ1n) is 11.4. The third kappa shape index (κ3) is 4.64. The SMILES string of the molecule is CCN1CC(S(=O)(=O)c2ccc(OC(F)F)c(-c3nn(C)cc3NC(=O)c3cnn4cccnc34)c2)C1. The number of amides is 1. The smallest absolute Gasteiger partial charge is 0.387 e. The van der Waals surface area contributed by atoms with Gasteiger partial charge in [-0.1, -0.05) is 6.92 Å². The summed E-state index contributed by atoms with van der Waals surface area (Å²) in [6, 6.07) is 5.35. The van der Waals surface area contributed by atoms with E-state index in [1.165, 1.54) is 46.0 Å². The zero-order valence-corrected chi connectivity index (χ0v) is 20.7. The number of nitrogens with zero attached hydrogens (tertiary/aromatic N) is 6. The molecular weight excluding hydrogens is 508 g/mol. The number of hydrogen-bond acceptors (Lipinski definition) is 8. The van der Waals surface area contributed by atoms with E-state index < -0.39 is 27.6 Å². The summed E-state index contributed by atoms with van der Waals surface area (Å²) >= 11 is 0. The van der Waals surface area contributed by atoms with Gasteiger partial charge >= 0.3 is 6.61 Å². The number of carbonyl (C=O) groups is 1. The third-order valence-corrected chi connectivity index (χ3v) is 8.25. The highest BCUT2D eigenvalue weighted by molar-refractivity contribution is 7.92. The average molecular weight is 532 g/mol. The van der Waals surface area contributed by atoms with Gasteiger partial charge in [0.15, 0.2) is 15.5 Å². The third-order valence-electron chi connectivity index (χ3n) is 6.16. The number of fused-ring (bicyclic) bond motifs is 1. The van der Waals surface area contributed by atoms with Gasteiger partial charge in [0.1, 0.15) is 17.0 Å². The topological polar surface area (TPSA) is 124 Å². The number of aromatic nitrogens is 5. The number of carbonyl (C=O) groups excluding carboxylic acids is 1. The molecule has 37 heavy (non-hydrogen) atoms. The van der Waals surface area contributed by atoms with Crippen LogP contribution in [0.4, 0.5) is 14.5 Å². The fraction of sp³-hybridized carbons (Fsp3) is 0.304. The molecule has 0 saturated carbocycles. The Balaban J connectivity index is 1.53. The van der Waals surface area contributed by atoms with E-state index in [2.05, 4.69) is 25.2 Å². The lowest BCUT2D eigenvalue weighted by Gasteiger charge is -2.37. The Morgan fingerprint density at radius 3 is 2.81 bits per heavy atom. The standard InChI is InChI=1S/C23H23F2N7O4S/c1-3-31-11-15(12-31)37(34,35)14-5-6-19(36-23(24)25)16(9-14)20-18(13-30(2)29-20)28-22(33)17-10-27-32-8-4-7-26-21(17)32/h4-10,13,15,23H,3,11-12H2,1-2H3,(H,28,33). The van der Waals surface area contributed by atoms with E-state index in [0.717, 1.165) is 6.54 Å². The minimum atomic E-state index is -3.74. The van der Waals surface area contributed by atoms with Crippen LogP contribution in [0.15, 0.2) is 53.9 Å². The van der Waals surface area contributed by atoms with Crippen LogP contribution in [-0.2, 0) is 16.9 Å². The lowest BCUT2D eigenvalue weighted by Crippen LogP contribution is -2.54. The van der Waals surface area contributed by atoms with Crippen LogP contribution in [0.25, 0.3) is 16.9 Å². The van der Waals surface area contributed by atoms with Crippen LogP contribution >= 0.6 is 0 Å². The van der Waals surface area contributed by atoms with Crippen molar-refractivity contribution in [2.24, 2.45) is 7.05 Å². The Hall–Kier alpha value is -3.91. The van der Waals surface area contributed by atoms with Crippen molar-refractivity contribution in [3.63, 3.8) is 0 Å². The van der Waals surface area contributed by atoms with Gasteiger partial charge in [-0.2, -0.15) is 19.0 Å². The molecule has 1 aliphatic rings. The number of nitrogens with one attached hydrogen (secondary N) is 1. The molecule has 11 nitrogen and oxygen atoms in total. The molecule has 0 bridgehead atoms. The Kier molecular flexibility index (Phi) is 6.37. The maximum absolute atomic E-state index is 13.2. The summed E-state index contributed by atoms with van der Waals surface area (Å²) in [5.41, 5.74) is 0.735. The molecule has 4 heterocycles. The largest absolute Gasteiger partial charge is 0.434 e. The molecule has 1 amide bonds. The monoisotopic (exact) mass is 531 g/mol. The van der Waals surface area contributed by atoms with Gasteiger partial charge in [0.2, 0.25) is 0 Å². The first-order chi connectivity index (χ1) is 17.7. The number of alkyl halides is 2. The fourth-order valence-electron chi connectivity index (χ4n) is 4.20. The number of benzene rings is 1. The average Bonchev–Trinajstić information content (AvgIpc) is 3.41. The van der Waals surface area contributed by atoms with E-state index in [4.69, 9.17) is 0 Å². The van der Waals surface area contributed by atoms with Crippen LogP contribution < -0.4 is 10.1 Å². The molecule has 1 aromatic carbocycles. The van der Waals surface area contributed by atoms with Gasteiger partial charge in [0.05, 0.1) is 22.0 Å². The predicted octanol–water partition coefficient (Wildman–Crippen LogP) is 2.46. The Morgan fingerprint density at radius 1 is 1.30 bits per heavy atom. The van der Waals surface area contributed by atoms with E-state index in [9.17, 15) is 22.0 Å². The number of anilines is 1. The first-order valence-corrected chi connectivity index (χ1v) is 12.9. The number of ether oxygens (including phenoxy) is 1. The summed E-state index contributed by atoms with van der Waals surface area (Å²) in [7, 11) is -2.15. The number of hydrogen-bond donors (Lipinski definition) is 1. The van der Waals surface area contributed by atoms with Crippen molar-refractivity contribution in [2.45, 2.75) is 23.7 Å². The van der Waals surface area contributed by atoms with Crippen LogP contribution in [0.2, 0.25) is 0 Å². The summed E-state index contributed by atoms with van der Waals surface area (Å²) in [6.45, 7) is 0.302. The molecule has 1 N–H and O–H groups in total. The maximum Gasteiger partial charge on any atom is 0.387 e. The van der Waals surface area contributed by atoms with E-state index in [0.29, 0.717) is 18.7 Å². The molecule has 0 spiro atoms. The second-order valence-electron chi connectivity index (χ2n) is 8.52. The predicted molar refractivity (Wildman–Crippen MR) is 129 cm³/mol. The summed E-state index contributed by atoms with van der Waals surface area (Å²) < 4.78 is 60.3. The van der Waals surface area contributed by atoms with Gasteiger partial charge < -0.3 is 15.0 Å². The van der Waals surface area contributed by atoms with Gasteiger partial charge in [-0.3, -0.25) is 9.48 Å². The Labute approximate surface area is 210 Å². The number of rotatable bonds is 8. The molecule has 0 aliphatic carbocycles. The molecule has 1 saturated heterocycles. The zero-order valence-electron chi connectivity index (χ0n) is 19.9. The molecular formula is C23H23F2N7O4S. The Bertz CT molecular complexity index is 1580. The van der Waals surface area contributed by atoms with Crippen LogP contribution in [-0.4, -0.2) is 75.1 Å². The normalized spacial score (nSPS) is 14.7. The van der Waals surface area contributed by atoms with Crippen LogP contribution in [0.1, 0.15) is 17.3 Å². The number of aryl methyl sites for hydroxylation is 1. The molecule has 0 unspecified atom stereocenters. The minimum Gasteiger partial charge on any atom is -0.434 e. The second kappa shape index (κ2) is 9.52. The first kappa shape index (κ1) is 24.8. The van der Waals surface area contributed by atoms with Gasteiger partial charge in [-0.25, -0.2) is 17.9 Å². The number of likely N-dealkylation sites (tertiary alicyclic amines) is 1. The van der Waals surface area contributed by atoms with Crippen molar-refractivity contribution in [1.29, 1.82) is 0 Å². The summed E-state index contributed by atoms with van der Waals surface area (Å²) in [5.74, 6) is -0.832. The molecule has 1 fully saturated rings. The Morgan fingerprint density at radius 2 is 2.08 bits per heavy atom. The fourth-order valence-corrected chi connectivity index (χ4v) is 5.93. The zero-order chi connectivity index (χ0) is 26.3. The second-order valence-corrected chi connectivity index (χ2v) is 10.7. The van der Waals surface area contributed by atoms with Crippen LogP contribution in [0.3, 0.4) is 0 Å². The van der Waals surface area contributed by atoms with Crippen molar-refractivity contribution in [1.82, 2.24) is 29.3 Å².